The molecule has 0 saturated carbocycles. The SMILES string of the molecule is Nc1nc2cc(-c3cccc(C(=O)NC4CCNC4=O)c3)sc2c(=O)[nH]1. The average molecular weight is 369 g/mol. The zero-order chi connectivity index (χ0) is 18.3. The van der Waals surface area contributed by atoms with E-state index in [9.17, 15) is 14.4 Å². The highest BCUT2D eigenvalue weighted by molar-refractivity contribution is 7.22. The number of nitrogens with two attached hydrogens (primary N) is 1. The molecule has 1 fully saturated rings. The third-order valence-electron chi connectivity index (χ3n) is 4.16. The zero-order valence-corrected chi connectivity index (χ0v) is 14.4. The minimum absolute atomic E-state index is 0.0646. The summed E-state index contributed by atoms with van der Waals surface area (Å²) in [6, 6.07) is 8.29. The van der Waals surface area contributed by atoms with Crippen LogP contribution in [0.5, 0.6) is 0 Å². The number of rotatable bonds is 3. The zero-order valence-electron chi connectivity index (χ0n) is 13.5. The van der Waals surface area contributed by atoms with Gasteiger partial charge in [-0.2, -0.15) is 0 Å². The molecule has 132 valence electrons. The molecule has 1 unspecified atom stereocenters. The minimum Gasteiger partial charge on any atom is -0.369 e. The molecule has 0 aliphatic carbocycles. The lowest BCUT2D eigenvalue weighted by molar-refractivity contribution is -0.120. The van der Waals surface area contributed by atoms with Gasteiger partial charge in [0.1, 0.15) is 10.7 Å². The quantitative estimate of drug-likeness (QED) is 0.544. The number of benzene rings is 1. The van der Waals surface area contributed by atoms with E-state index < -0.39 is 6.04 Å². The maximum absolute atomic E-state index is 12.4. The first-order valence-corrected chi connectivity index (χ1v) is 8.81. The van der Waals surface area contributed by atoms with E-state index in [0.717, 1.165) is 10.4 Å². The Balaban J connectivity index is 1.65. The van der Waals surface area contributed by atoms with Crippen LogP contribution in [-0.4, -0.2) is 34.4 Å². The molecular formula is C17H15N5O3S. The Hall–Kier alpha value is -3.20. The van der Waals surface area contributed by atoms with E-state index in [-0.39, 0.29) is 23.3 Å². The summed E-state index contributed by atoms with van der Waals surface area (Å²) in [5.74, 6) is -0.410. The van der Waals surface area contributed by atoms with Gasteiger partial charge in [0.15, 0.2) is 0 Å². The number of carbonyl (C=O) groups is 2. The first kappa shape index (κ1) is 16.3. The summed E-state index contributed by atoms with van der Waals surface area (Å²) in [6.07, 6.45) is 0.580. The number of thiophene rings is 1. The maximum atomic E-state index is 12.4. The molecule has 2 amide bonds. The van der Waals surface area contributed by atoms with E-state index >= 15 is 0 Å². The molecule has 0 spiro atoms. The summed E-state index contributed by atoms with van der Waals surface area (Å²) in [4.78, 5) is 43.4. The van der Waals surface area contributed by atoms with Gasteiger partial charge in [-0.25, -0.2) is 4.98 Å². The molecule has 5 N–H and O–H groups in total. The van der Waals surface area contributed by atoms with Crippen LogP contribution in [0.1, 0.15) is 16.8 Å². The monoisotopic (exact) mass is 369 g/mol. The van der Waals surface area contributed by atoms with Gasteiger partial charge in [-0.15, -0.1) is 11.3 Å². The van der Waals surface area contributed by atoms with Gasteiger partial charge in [0.2, 0.25) is 11.9 Å². The van der Waals surface area contributed by atoms with Crippen molar-refractivity contribution in [3.05, 3.63) is 46.2 Å². The molecule has 1 atom stereocenters. The van der Waals surface area contributed by atoms with Crippen molar-refractivity contribution in [2.24, 2.45) is 0 Å². The van der Waals surface area contributed by atoms with Gasteiger partial charge in [0.25, 0.3) is 11.5 Å². The maximum Gasteiger partial charge on any atom is 0.270 e. The number of amides is 2. The standard InChI is InChI=1S/C17H15N5O3S/c18-17-21-11-7-12(26-13(11)16(25)22-17)8-2-1-3-9(6-8)14(23)20-10-4-5-19-15(10)24/h1-3,6-7,10H,4-5H2,(H,19,24)(H,20,23)(H3,18,21,22,25). The van der Waals surface area contributed by atoms with Crippen molar-refractivity contribution in [1.82, 2.24) is 20.6 Å². The number of carbonyl (C=O) groups excluding carboxylic acids is 2. The second-order valence-corrected chi connectivity index (χ2v) is 7.01. The molecule has 4 rings (SSSR count). The molecular weight excluding hydrogens is 354 g/mol. The molecule has 0 bridgehead atoms. The molecule has 1 saturated heterocycles. The fraction of sp³-hybridized carbons (Fsp3) is 0.176. The first-order chi connectivity index (χ1) is 12.5. The lowest BCUT2D eigenvalue weighted by Crippen LogP contribution is -2.40. The highest BCUT2D eigenvalue weighted by Crippen LogP contribution is 2.31. The molecule has 3 heterocycles. The Kier molecular flexibility index (Phi) is 3.92. The van der Waals surface area contributed by atoms with Crippen LogP contribution < -0.4 is 21.9 Å². The number of nitrogens with zero attached hydrogens (tertiary/aromatic N) is 1. The first-order valence-electron chi connectivity index (χ1n) is 7.99. The molecule has 1 aliphatic heterocycles. The second-order valence-electron chi connectivity index (χ2n) is 5.96. The lowest BCUT2D eigenvalue weighted by Gasteiger charge is -2.10. The molecule has 0 radical (unpaired) electrons. The van der Waals surface area contributed by atoms with Crippen LogP contribution in [0.4, 0.5) is 5.95 Å². The number of nitrogen functional groups attached to an aromatic ring is 1. The van der Waals surface area contributed by atoms with Crippen LogP contribution in [0.15, 0.2) is 35.1 Å². The third kappa shape index (κ3) is 2.93. The van der Waals surface area contributed by atoms with E-state index in [1.165, 1.54) is 11.3 Å². The van der Waals surface area contributed by atoms with Gasteiger partial charge < -0.3 is 16.4 Å². The van der Waals surface area contributed by atoms with Crippen LogP contribution in [-0.2, 0) is 4.79 Å². The Morgan fingerprint density at radius 1 is 1.31 bits per heavy atom. The molecule has 1 aromatic carbocycles. The normalized spacial score (nSPS) is 16.6. The Bertz CT molecular complexity index is 1090. The van der Waals surface area contributed by atoms with E-state index in [2.05, 4.69) is 20.6 Å². The summed E-state index contributed by atoms with van der Waals surface area (Å²) >= 11 is 1.28. The molecule has 1 aliphatic rings. The van der Waals surface area contributed by atoms with Gasteiger partial charge in [0, 0.05) is 17.0 Å². The minimum atomic E-state index is -0.499. The number of aromatic nitrogens is 2. The Morgan fingerprint density at radius 2 is 2.15 bits per heavy atom. The third-order valence-corrected chi connectivity index (χ3v) is 5.34. The van der Waals surface area contributed by atoms with Crippen molar-refractivity contribution >= 4 is 39.3 Å². The highest BCUT2D eigenvalue weighted by atomic mass is 32.1. The summed E-state index contributed by atoms with van der Waals surface area (Å²) in [7, 11) is 0. The van der Waals surface area contributed by atoms with Crippen LogP contribution >= 0.6 is 11.3 Å². The van der Waals surface area contributed by atoms with Gasteiger partial charge in [-0.1, -0.05) is 12.1 Å². The predicted molar refractivity (Wildman–Crippen MR) is 99.0 cm³/mol. The lowest BCUT2D eigenvalue weighted by atomic mass is 10.1. The number of fused-ring (bicyclic) bond motifs is 1. The highest BCUT2D eigenvalue weighted by Gasteiger charge is 2.26. The summed E-state index contributed by atoms with van der Waals surface area (Å²) in [6.45, 7) is 0.566. The van der Waals surface area contributed by atoms with E-state index in [0.29, 0.717) is 28.7 Å². The fourth-order valence-corrected chi connectivity index (χ4v) is 3.88. The number of anilines is 1. The van der Waals surface area contributed by atoms with E-state index in [4.69, 9.17) is 5.73 Å². The molecule has 9 heteroatoms. The second kappa shape index (κ2) is 6.26. The topological polar surface area (TPSA) is 130 Å². The van der Waals surface area contributed by atoms with Gasteiger partial charge >= 0.3 is 0 Å². The molecule has 2 aromatic heterocycles. The molecule has 3 aromatic rings. The number of hydrogen-bond donors (Lipinski definition) is 4. The summed E-state index contributed by atoms with van der Waals surface area (Å²) < 4.78 is 0.478. The number of nitrogens with one attached hydrogen (secondary N) is 3. The smallest absolute Gasteiger partial charge is 0.270 e. The van der Waals surface area contributed by atoms with Crippen LogP contribution in [0.3, 0.4) is 0 Å². The van der Waals surface area contributed by atoms with Crippen molar-refractivity contribution in [3.63, 3.8) is 0 Å². The van der Waals surface area contributed by atoms with Crippen molar-refractivity contribution < 1.29 is 9.59 Å². The molecule has 8 nitrogen and oxygen atoms in total. The van der Waals surface area contributed by atoms with Gasteiger partial charge in [-0.3, -0.25) is 19.4 Å². The summed E-state index contributed by atoms with van der Waals surface area (Å²) in [5.41, 5.74) is 7.04. The van der Waals surface area contributed by atoms with Crippen molar-refractivity contribution in [1.29, 1.82) is 0 Å². The fourth-order valence-electron chi connectivity index (χ4n) is 2.89. The van der Waals surface area contributed by atoms with Crippen LogP contribution in [0, 0.1) is 0 Å². The largest absolute Gasteiger partial charge is 0.369 e. The van der Waals surface area contributed by atoms with Crippen LogP contribution in [0.25, 0.3) is 20.7 Å². The predicted octanol–water partition coefficient (Wildman–Crippen LogP) is 0.852. The number of H-pyrrole nitrogens is 1. The van der Waals surface area contributed by atoms with Crippen LogP contribution in [0.2, 0.25) is 0 Å². The number of aromatic amines is 1. The van der Waals surface area contributed by atoms with Crippen molar-refractivity contribution in [3.8, 4) is 10.4 Å². The average Bonchev–Trinajstić information content (AvgIpc) is 3.22. The van der Waals surface area contributed by atoms with Crippen molar-refractivity contribution in [2.75, 3.05) is 12.3 Å². The molecule has 26 heavy (non-hydrogen) atoms. The summed E-state index contributed by atoms with van der Waals surface area (Å²) in [5, 5.41) is 5.42. The van der Waals surface area contributed by atoms with E-state index in [1.54, 1.807) is 24.3 Å². The Labute approximate surface area is 151 Å². The Morgan fingerprint density at radius 3 is 2.92 bits per heavy atom. The van der Waals surface area contributed by atoms with Crippen molar-refractivity contribution in [2.45, 2.75) is 12.5 Å². The van der Waals surface area contributed by atoms with Gasteiger partial charge in [0.05, 0.1) is 5.52 Å². The van der Waals surface area contributed by atoms with E-state index in [1.807, 2.05) is 6.07 Å². The van der Waals surface area contributed by atoms with Gasteiger partial charge in [-0.05, 0) is 30.2 Å². The number of hydrogen-bond acceptors (Lipinski definition) is 6.